The summed E-state index contributed by atoms with van der Waals surface area (Å²) in [5.41, 5.74) is 0.467. The summed E-state index contributed by atoms with van der Waals surface area (Å²) in [6.07, 6.45) is 0. The molecule has 0 unspecified atom stereocenters. The molecule has 0 aliphatic rings. The third-order valence-corrected chi connectivity index (χ3v) is 5.92. The second-order valence-electron chi connectivity index (χ2n) is 3.17. The van der Waals surface area contributed by atoms with Crippen LogP contribution in [0.2, 0.25) is 5.02 Å². The maximum absolute atomic E-state index is 11.9. The molecule has 1 N–H and O–H groups in total. The number of halogens is 2. The summed E-state index contributed by atoms with van der Waals surface area (Å²) in [6, 6.07) is 8.10. The fourth-order valence-corrected chi connectivity index (χ4v) is 3.72. The van der Waals surface area contributed by atoms with E-state index in [1.165, 1.54) is 11.3 Å². The molecule has 2 rings (SSSR count). The van der Waals surface area contributed by atoms with Crippen molar-refractivity contribution >= 4 is 54.6 Å². The number of hydrogen-bond donors (Lipinski definition) is 1. The summed E-state index contributed by atoms with van der Waals surface area (Å²) in [7, 11) is -3.50. The van der Waals surface area contributed by atoms with Crippen LogP contribution in [-0.2, 0) is 10.0 Å². The lowest BCUT2D eigenvalue weighted by atomic mass is 10.3. The van der Waals surface area contributed by atoms with E-state index in [1.54, 1.807) is 35.7 Å². The molecule has 0 spiro atoms. The van der Waals surface area contributed by atoms with E-state index in [1.807, 2.05) is 0 Å². The van der Waals surface area contributed by atoms with Gasteiger partial charge in [-0.05, 0) is 45.6 Å². The summed E-state index contributed by atoms with van der Waals surface area (Å²) in [6.45, 7) is 0. The van der Waals surface area contributed by atoms with Crippen LogP contribution < -0.4 is 4.72 Å². The molecule has 0 aliphatic heterocycles. The van der Waals surface area contributed by atoms with Crippen molar-refractivity contribution in [2.75, 3.05) is 4.72 Å². The van der Waals surface area contributed by atoms with Gasteiger partial charge >= 0.3 is 0 Å². The van der Waals surface area contributed by atoms with E-state index in [4.69, 9.17) is 11.6 Å². The van der Waals surface area contributed by atoms with Crippen molar-refractivity contribution < 1.29 is 8.42 Å². The number of nitrogens with one attached hydrogen (secondary N) is 1. The van der Waals surface area contributed by atoms with Crippen LogP contribution in [0.5, 0.6) is 0 Å². The minimum Gasteiger partial charge on any atom is -0.279 e. The molecule has 0 atom stereocenters. The average molecular weight is 353 g/mol. The molecular formula is C10H7BrClNO2S2. The molecule has 0 fully saturated rings. The van der Waals surface area contributed by atoms with Crippen molar-refractivity contribution in [3.8, 4) is 0 Å². The molecule has 0 amide bonds. The molecule has 0 saturated heterocycles. The molecule has 17 heavy (non-hydrogen) atoms. The zero-order valence-electron chi connectivity index (χ0n) is 8.35. The molecular weight excluding hydrogens is 346 g/mol. The fourth-order valence-electron chi connectivity index (χ4n) is 1.18. The molecule has 0 bridgehead atoms. The van der Waals surface area contributed by atoms with Gasteiger partial charge in [-0.25, -0.2) is 8.42 Å². The highest BCUT2D eigenvalue weighted by Gasteiger charge is 2.15. The summed E-state index contributed by atoms with van der Waals surface area (Å²) in [5.74, 6) is 0. The van der Waals surface area contributed by atoms with Crippen LogP contribution in [0.1, 0.15) is 0 Å². The highest BCUT2D eigenvalue weighted by atomic mass is 79.9. The number of benzene rings is 1. The normalized spacial score (nSPS) is 11.4. The molecule has 0 aliphatic carbocycles. The van der Waals surface area contributed by atoms with Crippen LogP contribution in [0.4, 0.5) is 5.69 Å². The predicted molar refractivity (Wildman–Crippen MR) is 74.3 cm³/mol. The molecule has 0 saturated carbocycles. The first-order valence-electron chi connectivity index (χ1n) is 4.50. The Bertz CT molecular complexity index is 626. The van der Waals surface area contributed by atoms with E-state index in [9.17, 15) is 8.42 Å². The Morgan fingerprint density at radius 3 is 2.65 bits per heavy atom. The van der Waals surface area contributed by atoms with E-state index in [0.717, 1.165) is 0 Å². The van der Waals surface area contributed by atoms with Crippen molar-refractivity contribution in [2.24, 2.45) is 0 Å². The number of rotatable bonds is 3. The van der Waals surface area contributed by atoms with E-state index < -0.39 is 10.0 Å². The van der Waals surface area contributed by atoms with Crippen molar-refractivity contribution in [2.45, 2.75) is 4.21 Å². The van der Waals surface area contributed by atoms with Crippen molar-refractivity contribution in [3.05, 3.63) is 45.2 Å². The Morgan fingerprint density at radius 1 is 1.29 bits per heavy atom. The number of sulfonamides is 1. The van der Waals surface area contributed by atoms with Crippen molar-refractivity contribution in [3.63, 3.8) is 0 Å². The molecule has 1 aromatic heterocycles. The van der Waals surface area contributed by atoms with Gasteiger partial charge in [0.25, 0.3) is 10.0 Å². The lowest BCUT2D eigenvalue weighted by molar-refractivity contribution is 0.603. The van der Waals surface area contributed by atoms with Gasteiger partial charge in [0.1, 0.15) is 4.21 Å². The van der Waals surface area contributed by atoms with Crippen molar-refractivity contribution in [1.82, 2.24) is 0 Å². The maximum Gasteiger partial charge on any atom is 0.271 e. The first-order valence-corrected chi connectivity index (χ1v) is 8.04. The maximum atomic E-state index is 11.9. The van der Waals surface area contributed by atoms with Crippen LogP contribution >= 0.6 is 38.9 Å². The topological polar surface area (TPSA) is 46.2 Å². The number of thiophene rings is 1. The molecule has 0 radical (unpaired) electrons. The average Bonchev–Trinajstić information content (AvgIpc) is 2.77. The van der Waals surface area contributed by atoms with Gasteiger partial charge in [-0.15, -0.1) is 11.3 Å². The zero-order valence-corrected chi connectivity index (χ0v) is 12.3. The first kappa shape index (κ1) is 12.9. The Labute approximate surface area is 117 Å². The molecule has 7 heteroatoms. The van der Waals surface area contributed by atoms with Gasteiger partial charge in [0.2, 0.25) is 0 Å². The molecule has 2 aromatic rings. The first-order chi connectivity index (χ1) is 7.99. The SMILES string of the molecule is O=S(=O)(Nc1ccc(Cl)c(Br)c1)c1cccs1. The van der Waals surface area contributed by atoms with Gasteiger partial charge < -0.3 is 0 Å². The Kier molecular flexibility index (Phi) is 3.77. The van der Waals surface area contributed by atoms with Gasteiger partial charge in [0.05, 0.1) is 10.7 Å². The second-order valence-corrected chi connectivity index (χ2v) is 7.28. The standard InChI is InChI=1S/C10H7BrClNO2S2/c11-8-6-7(3-4-9(8)12)13-17(14,15)10-2-1-5-16-10/h1-6,13H. The highest BCUT2D eigenvalue weighted by Crippen LogP contribution is 2.27. The summed E-state index contributed by atoms with van der Waals surface area (Å²) >= 11 is 10.2. The van der Waals surface area contributed by atoms with E-state index in [-0.39, 0.29) is 4.21 Å². The van der Waals surface area contributed by atoms with E-state index >= 15 is 0 Å². The summed E-state index contributed by atoms with van der Waals surface area (Å²) in [4.78, 5) is 0. The third kappa shape index (κ3) is 3.01. The minimum absolute atomic E-state index is 0.281. The largest absolute Gasteiger partial charge is 0.279 e. The number of anilines is 1. The van der Waals surface area contributed by atoms with Crippen molar-refractivity contribution in [1.29, 1.82) is 0 Å². The van der Waals surface area contributed by atoms with E-state index in [0.29, 0.717) is 15.2 Å². The van der Waals surface area contributed by atoms with Crippen LogP contribution in [0, 0.1) is 0 Å². The highest BCUT2D eigenvalue weighted by molar-refractivity contribution is 9.10. The van der Waals surface area contributed by atoms with Crippen LogP contribution in [0.3, 0.4) is 0 Å². The van der Waals surface area contributed by atoms with Gasteiger partial charge in [-0.3, -0.25) is 4.72 Å². The lowest BCUT2D eigenvalue weighted by Crippen LogP contribution is -2.11. The van der Waals surface area contributed by atoms with Crippen LogP contribution in [0.15, 0.2) is 44.4 Å². The summed E-state index contributed by atoms with van der Waals surface area (Å²) in [5, 5.41) is 2.25. The molecule has 1 aromatic carbocycles. The minimum atomic E-state index is -3.50. The Balaban J connectivity index is 2.30. The zero-order chi connectivity index (χ0) is 12.5. The monoisotopic (exact) mass is 351 g/mol. The Hall–Kier alpha value is -0.560. The van der Waals surface area contributed by atoms with Gasteiger partial charge in [0.15, 0.2) is 0 Å². The Morgan fingerprint density at radius 2 is 2.06 bits per heavy atom. The number of hydrogen-bond acceptors (Lipinski definition) is 3. The van der Waals surface area contributed by atoms with E-state index in [2.05, 4.69) is 20.7 Å². The summed E-state index contributed by atoms with van der Waals surface area (Å²) < 4.78 is 27.2. The smallest absolute Gasteiger partial charge is 0.271 e. The van der Waals surface area contributed by atoms with Gasteiger partial charge in [-0.1, -0.05) is 17.7 Å². The van der Waals surface area contributed by atoms with Gasteiger partial charge in [0, 0.05) is 4.47 Å². The van der Waals surface area contributed by atoms with Crippen LogP contribution in [-0.4, -0.2) is 8.42 Å². The fraction of sp³-hybridized carbons (Fsp3) is 0. The quantitative estimate of drug-likeness (QED) is 0.908. The lowest BCUT2D eigenvalue weighted by Gasteiger charge is -2.07. The second kappa shape index (κ2) is 4.97. The molecule has 3 nitrogen and oxygen atoms in total. The third-order valence-electron chi connectivity index (χ3n) is 1.93. The van der Waals surface area contributed by atoms with Crippen LogP contribution in [0.25, 0.3) is 0 Å². The van der Waals surface area contributed by atoms with Gasteiger partial charge in [-0.2, -0.15) is 0 Å². The molecule has 1 heterocycles. The predicted octanol–water partition coefficient (Wildman–Crippen LogP) is 3.96. The molecule has 90 valence electrons.